The normalized spacial score (nSPS) is 16.1. The summed E-state index contributed by atoms with van der Waals surface area (Å²) in [7, 11) is 0. The zero-order chi connectivity index (χ0) is 28.8. The summed E-state index contributed by atoms with van der Waals surface area (Å²) >= 11 is 0. The van der Waals surface area contributed by atoms with E-state index in [2.05, 4.69) is 0 Å². The molecule has 0 spiro atoms. The van der Waals surface area contributed by atoms with Crippen molar-refractivity contribution in [2.24, 2.45) is 0 Å². The average Bonchev–Trinajstić information content (AvgIpc) is 3.25. The van der Waals surface area contributed by atoms with E-state index in [4.69, 9.17) is 9.47 Å². The van der Waals surface area contributed by atoms with Crippen LogP contribution < -0.4 is 9.47 Å². The summed E-state index contributed by atoms with van der Waals surface area (Å²) in [6.07, 6.45) is 0.561. The van der Waals surface area contributed by atoms with E-state index in [1.165, 1.54) is 0 Å². The Morgan fingerprint density at radius 3 is 2.12 bits per heavy atom. The van der Waals surface area contributed by atoms with Gasteiger partial charge < -0.3 is 19.5 Å². The van der Waals surface area contributed by atoms with E-state index >= 15 is 0 Å². The molecule has 0 saturated carbocycles. The van der Waals surface area contributed by atoms with E-state index in [0.717, 1.165) is 16.7 Å². The molecule has 6 heteroatoms. The largest absolute Gasteiger partial charge is 0.507 e. The van der Waals surface area contributed by atoms with Gasteiger partial charge in [0, 0.05) is 12.1 Å². The lowest BCUT2D eigenvalue weighted by atomic mass is 9.94. The highest BCUT2D eigenvalue weighted by atomic mass is 16.5. The minimum absolute atomic E-state index is 0.0623. The molecule has 0 radical (unpaired) electrons. The highest BCUT2D eigenvalue weighted by molar-refractivity contribution is 6.46. The maximum atomic E-state index is 13.5. The quantitative estimate of drug-likeness (QED) is 0.137. The Morgan fingerprint density at radius 1 is 0.805 bits per heavy atom. The highest BCUT2D eigenvalue weighted by Crippen LogP contribution is 2.42. The highest BCUT2D eigenvalue weighted by Gasteiger charge is 2.46. The van der Waals surface area contributed by atoms with Crippen molar-refractivity contribution < 1.29 is 24.2 Å². The number of likely N-dealkylation sites (tertiary alicyclic amines) is 1. The Balaban J connectivity index is 1.55. The second-order valence-corrected chi connectivity index (χ2v) is 10.0. The van der Waals surface area contributed by atoms with Crippen molar-refractivity contribution in [2.45, 2.75) is 32.9 Å². The van der Waals surface area contributed by atoms with Gasteiger partial charge in [-0.2, -0.15) is 0 Å². The van der Waals surface area contributed by atoms with Gasteiger partial charge in [-0.25, -0.2) is 0 Å². The summed E-state index contributed by atoms with van der Waals surface area (Å²) in [6, 6.07) is 31.5. The van der Waals surface area contributed by atoms with Gasteiger partial charge in [-0.1, -0.05) is 96.6 Å². The maximum Gasteiger partial charge on any atom is 0.295 e. The topological polar surface area (TPSA) is 76.1 Å². The standard InChI is InChI=1S/C35H33NO5/c1-3-40-30-22-28(18-19-29(30)41-23-26-12-8-5-9-13-26)32-31(33(37)27-16-14-24(2)15-17-27)34(38)35(39)36(32)21-20-25-10-6-4-7-11-25/h4-19,22,32,37H,3,20-21,23H2,1-2H3/b33-31+. The molecule has 208 valence electrons. The molecule has 1 aliphatic rings. The number of aliphatic hydroxyl groups is 1. The SMILES string of the molecule is CCOc1cc(C2/C(=C(\O)c3ccc(C)cc3)C(=O)C(=O)N2CCc2ccccc2)ccc1OCc1ccccc1. The first-order valence-corrected chi connectivity index (χ1v) is 13.8. The molecule has 1 unspecified atom stereocenters. The van der Waals surface area contributed by atoms with Crippen LogP contribution in [0.3, 0.4) is 0 Å². The smallest absolute Gasteiger partial charge is 0.295 e. The van der Waals surface area contributed by atoms with Crippen LogP contribution in [0.25, 0.3) is 5.76 Å². The molecule has 4 aromatic carbocycles. The first-order chi connectivity index (χ1) is 20.0. The molecule has 1 aliphatic heterocycles. The van der Waals surface area contributed by atoms with E-state index < -0.39 is 17.7 Å². The molecule has 5 rings (SSSR count). The van der Waals surface area contributed by atoms with Gasteiger partial charge >= 0.3 is 0 Å². The Hall–Kier alpha value is -4.84. The predicted molar refractivity (Wildman–Crippen MR) is 159 cm³/mol. The second-order valence-electron chi connectivity index (χ2n) is 10.0. The summed E-state index contributed by atoms with van der Waals surface area (Å²) in [5, 5.41) is 11.4. The fraction of sp³-hybridized carbons (Fsp3) is 0.200. The van der Waals surface area contributed by atoms with Gasteiger partial charge in [0.25, 0.3) is 11.7 Å². The molecule has 4 aromatic rings. The first-order valence-electron chi connectivity index (χ1n) is 13.8. The number of rotatable bonds is 10. The third-order valence-electron chi connectivity index (χ3n) is 7.17. The summed E-state index contributed by atoms with van der Waals surface area (Å²) in [6.45, 7) is 4.91. The summed E-state index contributed by atoms with van der Waals surface area (Å²) in [5.74, 6) is -0.479. The van der Waals surface area contributed by atoms with Crippen molar-refractivity contribution in [3.8, 4) is 11.5 Å². The van der Waals surface area contributed by atoms with Crippen LogP contribution in [0.5, 0.6) is 11.5 Å². The number of ether oxygens (including phenoxy) is 2. The number of amides is 1. The fourth-order valence-electron chi connectivity index (χ4n) is 5.04. The van der Waals surface area contributed by atoms with Crippen LogP contribution in [0.4, 0.5) is 0 Å². The van der Waals surface area contributed by atoms with E-state index in [9.17, 15) is 14.7 Å². The molecule has 1 fully saturated rings. The third kappa shape index (κ3) is 6.17. The van der Waals surface area contributed by atoms with Gasteiger partial charge in [-0.05, 0) is 49.1 Å². The number of carbonyl (C=O) groups is 2. The number of hydrogen-bond donors (Lipinski definition) is 1. The van der Waals surface area contributed by atoms with Crippen LogP contribution in [0.1, 0.15) is 40.8 Å². The van der Waals surface area contributed by atoms with E-state index in [1.54, 1.807) is 29.2 Å². The first kappa shape index (κ1) is 27.7. The van der Waals surface area contributed by atoms with Crippen LogP contribution in [0.15, 0.2) is 109 Å². The number of benzene rings is 4. The van der Waals surface area contributed by atoms with E-state index in [0.29, 0.717) is 48.8 Å². The zero-order valence-electron chi connectivity index (χ0n) is 23.2. The molecular weight excluding hydrogens is 514 g/mol. The number of Topliss-reactive ketones (excluding diaryl/α,β-unsaturated/α-hetero) is 1. The number of aliphatic hydroxyl groups excluding tert-OH is 1. The van der Waals surface area contributed by atoms with Gasteiger partial charge in [-0.15, -0.1) is 0 Å². The second kappa shape index (κ2) is 12.6. The zero-order valence-corrected chi connectivity index (χ0v) is 23.2. The lowest BCUT2D eigenvalue weighted by Gasteiger charge is -2.26. The average molecular weight is 548 g/mol. The minimum atomic E-state index is -0.789. The number of aryl methyl sites for hydroxylation is 1. The number of ketones is 1. The maximum absolute atomic E-state index is 13.5. The molecule has 1 amide bonds. The van der Waals surface area contributed by atoms with Crippen molar-refractivity contribution in [3.05, 3.63) is 137 Å². The van der Waals surface area contributed by atoms with Gasteiger partial charge in [0.1, 0.15) is 12.4 Å². The van der Waals surface area contributed by atoms with Crippen LogP contribution in [0.2, 0.25) is 0 Å². The Labute approximate surface area is 240 Å². The predicted octanol–water partition coefficient (Wildman–Crippen LogP) is 6.64. The van der Waals surface area contributed by atoms with Gasteiger partial charge in [-0.3, -0.25) is 9.59 Å². The van der Waals surface area contributed by atoms with Gasteiger partial charge in [0.05, 0.1) is 18.2 Å². The van der Waals surface area contributed by atoms with E-state index in [1.807, 2.05) is 92.7 Å². The van der Waals surface area contributed by atoms with E-state index in [-0.39, 0.29) is 11.3 Å². The lowest BCUT2D eigenvalue weighted by Crippen LogP contribution is -2.31. The van der Waals surface area contributed by atoms with Crippen molar-refractivity contribution in [1.82, 2.24) is 4.90 Å². The molecule has 41 heavy (non-hydrogen) atoms. The Bertz CT molecular complexity index is 1550. The number of carbonyl (C=O) groups excluding carboxylic acids is 2. The molecule has 0 aliphatic carbocycles. The number of hydrogen-bond acceptors (Lipinski definition) is 5. The Kier molecular flexibility index (Phi) is 8.49. The number of nitrogens with zero attached hydrogens (tertiary/aromatic N) is 1. The molecule has 0 aromatic heterocycles. The van der Waals surface area contributed by atoms with Crippen LogP contribution >= 0.6 is 0 Å². The van der Waals surface area contributed by atoms with Crippen molar-refractivity contribution in [2.75, 3.05) is 13.2 Å². The lowest BCUT2D eigenvalue weighted by molar-refractivity contribution is -0.139. The van der Waals surface area contributed by atoms with Crippen molar-refractivity contribution >= 4 is 17.4 Å². The third-order valence-corrected chi connectivity index (χ3v) is 7.17. The summed E-state index contributed by atoms with van der Waals surface area (Å²) in [4.78, 5) is 28.4. The molecule has 1 saturated heterocycles. The van der Waals surface area contributed by atoms with Crippen molar-refractivity contribution in [1.29, 1.82) is 0 Å². The molecule has 1 atom stereocenters. The molecule has 6 nitrogen and oxygen atoms in total. The minimum Gasteiger partial charge on any atom is -0.507 e. The van der Waals surface area contributed by atoms with Crippen LogP contribution in [-0.2, 0) is 22.6 Å². The molecular formula is C35H33NO5. The molecule has 0 bridgehead atoms. The molecule has 1 N–H and O–H groups in total. The van der Waals surface area contributed by atoms with Crippen LogP contribution in [0, 0.1) is 6.92 Å². The Morgan fingerprint density at radius 2 is 1.46 bits per heavy atom. The summed E-state index contributed by atoms with van der Waals surface area (Å²) < 4.78 is 12.0. The monoisotopic (exact) mass is 547 g/mol. The molecule has 1 heterocycles. The van der Waals surface area contributed by atoms with Gasteiger partial charge in [0.2, 0.25) is 0 Å². The summed E-state index contributed by atoms with van der Waals surface area (Å²) in [5.41, 5.74) is 4.29. The fourth-order valence-corrected chi connectivity index (χ4v) is 5.04. The van der Waals surface area contributed by atoms with Crippen molar-refractivity contribution in [3.63, 3.8) is 0 Å². The van der Waals surface area contributed by atoms with Crippen LogP contribution in [-0.4, -0.2) is 34.8 Å². The van der Waals surface area contributed by atoms with Gasteiger partial charge in [0.15, 0.2) is 11.5 Å².